The molecule has 0 N–H and O–H groups in total. The molecule has 34 heavy (non-hydrogen) atoms. The Morgan fingerprint density at radius 2 is 1.09 bits per heavy atom. The fraction of sp³-hybridized carbons (Fsp3) is 0.969. The molecule has 0 bridgehead atoms. The first kappa shape index (κ1) is 28.0. The molecule has 0 unspecified atom stereocenters. The zero-order chi connectivity index (χ0) is 24.2. The van der Waals surface area contributed by atoms with Gasteiger partial charge in [-0.05, 0) is 81.0 Å². The van der Waals surface area contributed by atoms with Gasteiger partial charge in [0.15, 0.2) is 0 Å². The molecule has 3 aliphatic carbocycles. The van der Waals surface area contributed by atoms with Gasteiger partial charge in [-0.1, -0.05) is 104 Å². The minimum atomic E-state index is -0.166. The van der Waals surface area contributed by atoms with Gasteiger partial charge < -0.3 is 4.74 Å². The number of carbonyl (C=O) groups is 1. The van der Waals surface area contributed by atoms with Gasteiger partial charge in [-0.3, -0.25) is 4.79 Å². The highest BCUT2D eigenvalue weighted by molar-refractivity contribution is 5.76. The van der Waals surface area contributed by atoms with E-state index in [-0.39, 0.29) is 11.4 Å². The van der Waals surface area contributed by atoms with Crippen LogP contribution in [-0.2, 0) is 9.53 Å². The molecular weight excluding hydrogens is 416 g/mol. The second-order valence-corrected chi connectivity index (χ2v) is 12.8. The van der Waals surface area contributed by atoms with E-state index in [4.69, 9.17) is 4.74 Å². The molecule has 0 amide bonds. The lowest BCUT2D eigenvalue weighted by molar-refractivity contribution is -0.157. The van der Waals surface area contributed by atoms with Crippen LogP contribution in [0, 0.1) is 35.0 Å². The topological polar surface area (TPSA) is 26.3 Å². The molecule has 3 rings (SSSR count). The maximum Gasteiger partial charge on any atom is 0.311 e. The third kappa shape index (κ3) is 8.26. The van der Waals surface area contributed by atoms with E-state index in [9.17, 15) is 4.79 Å². The summed E-state index contributed by atoms with van der Waals surface area (Å²) in [7, 11) is 1.62. The van der Waals surface area contributed by atoms with E-state index in [1.165, 1.54) is 122 Å². The van der Waals surface area contributed by atoms with Crippen LogP contribution in [0.25, 0.3) is 0 Å². The molecule has 0 atom stereocenters. The normalized spacial score (nSPS) is 34.6. The molecule has 198 valence electrons. The molecule has 0 saturated heterocycles. The van der Waals surface area contributed by atoms with E-state index >= 15 is 0 Å². The van der Waals surface area contributed by atoms with Crippen molar-refractivity contribution >= 4 is 5.97 Å². The molecule has 0 radical (unpaired) electrons. The standard InChI is InChI=1S/C32H58O2/c1-4-6-8-10-26-12-14-28(15-13-26)20-23-32(31(33)34-3)24-21-30(22-25-32)29-18-16-27(17-19-29)11-9-7-5-2/h26-30H,4-25H2,1-3H3/t26-,27?,28-,29?,30?,32?. The Labute approximate surface area is 212 Å². The number of ether oxygens (including phenoxy) is 1. The van der Waals surface area contributed by atoms with Gasteiger partial charge in [0.1, 0.15) is 0 Å². The summed E-state index contributed by atoms with van der Waals surface area (Å²) < 4.78 is 5.41. The van der Waals surface area contributed by atoms with Crippen LogP contribution in [0.1, 0.15) is 155 Å². The maximum atomic E-state index is 13.0. The Morgan fingerprint density at radius 1 is 0.647 bits per heavy atom. The lowest BCUT2D eigenvalue weighted by Crippen LogP contribution is -2.39. The molecule has 0 heterocycles. The van der Waals surface area contributed by atoms with E-state index in [2.05, 4.69) is 13.8 Å². The van der Waals surface area contributed by atoms with Gasteiger partial charge in [0, 0.05) is 0 Å². The van der Waals surface area contributed by atoms with Crippen molar-refractivity contribution in [1.82, 2.24) is 0 Å². The zero-order valence-corrected chi connectivity index (χ0v) is 23.3. The van der Waals surface area contributed by atoms with Gasteiger partial charge in [-0.25, -0.2) is 0 Å². The molecule has 2 nitrogen and oxygen atoms in total. The van der Waals surface area contributed by atoms with Crippen LogP contribution in [0.4, 0.5) is 0 Å². The average Bonchev–Trinajstić information content (AvgIpc) is 2.89. The Kier molecular flexibility index (Phi) is 12.3. The third-order valence-corrected chi connectivity index (χ3v) is 10.6. The molecule has 0 aliphatic heterocycles. The number of hydrogen-bond donors (Lipinski definition) is 0. The smallest absolute Gasteiger partial charge is 0.311 e. The van der Waals surface area contributed by atoms with Gasteiger partial charge in [0.25, 0.3) is 0 Å². The van der Waals surface area contributed by atoms with Crippen LogP contribution in [0.2, 0.25) is 0 Å². The van der Waals surface area contributed by atoms with E-state index in [0.29, 0.717) is 0 Å². The van der Waals surface area contributed by atoms with E-state index in [0.717, 1.165) is 48.9 Å². The Bertz CT molecular complexity index is 545. The zero-order valence-electron chi connectivity index (χ0n) is 23.3. The van der Waals surface area contributed by atoms with Crippen molar-refractivity contribution in [2.24, 2.45) is 35.0 Å². The Hall–Kier alpha value is -0.530. The van der Waals surface area contributed by atoms with Crippen molar-refractivity contribution in [3.05, 3.63) is 0 Å². The summed E-state index contributed by atoms with van der Waals surface area (Å²) in [6.07, 6.45) is 29.9. The van der Waals surface area contributed by atoms with Crippen molar-refractivity contribution in [2.45, 2.75) is 155 Å². The van der Waals surface area contributed by atoms with E-state index in [1.54, 1.807) is 7.11 Å². The summed E-state index contributed by atoms with van der Waals surface area (Å²) in [5.41, 5.74) is -0.166. The van der Waals surface area contributed by atoms with Crippen LogP contribution in [0.5, 0.6) is 0 Å². The number of methoxy groups -OCH3 is 1. The molecular formula is C32H58O2. The molecule has 0 spiro atoms. The molecule has 3 aliphatic rings. The van der Waals surface area contributed by atoms with Gasteiger partial charge in [-0.15, -0.1) is 0 Å². The van der Waals surface area contributed by atoms with Gasteiger partial charge in [-0.2, -0.15) is 0 Å². The van der Waals surface area contributed by atoms with Crippen molar-refractivity contribution in [3.63, 3.8) is 0 Å². The largest absolute Gasteiger partial charge is 0.469 e. The first-order chi connectivity index (χ1) is 16.6. The van der Waals surface area contributed by atoms with Crippen LogP contribution in [0.3, 0.4) is 0 Å². The number of unbranched alkanes of at least 4 members (excludes halogenated alkanes) is 4. The van der Waals surface area contributed by atoms with Gasteiger partial charge in [0.05, 0.1) is 12.5 Å². The first-order valence-electron chi connectivity index (χ1n) is 15.7. The van der Waals surface area contributed by atoms with Crippen LogP contribution < -0.4 is 0 Å². The highest BCUT2D eigenvalue weighted by atomic mass is 16.5. The Balaban J connectivity index is 1.40. The molecule has 3 saturated carbocycles. The quantitative estimate of drug-likeness (QED) is 0.196. The molecule has 0 aromatic rings. The highest BCUT2D eigenvalue weighted by Gasteiger charge is 2.44. The highest BCUT2D eigenvalue weighted by Crippen LogP contribution is 2.49. The molecule has 0 aromatic carbocycles. The van der Waals surface area contributed by atoms with Crippen LogP contribution in [0.15, 0.2) is 0 Å². The SMILES string of the molecule is CCCCCC1CCC(C2CCC(CC[C@H]3CC[C@H](CCCCC)CC3)(C(=O)OC)CC2)CC1. The number of hydrogen-bond acceptors (Lipinski definition) is 2. The number of carbonyl (C=O) groups excluding carboxylic acids is 1. The summed E-state index contributed by atoms with van der Waals surface area (Å²) >= 11 is 0. The predicted molar refractivity (Wildman–Crippen MR) is 145 cm³/mol. The van der Waals surface area contributed by atoms with Gasteiger partial charge >= 0.3 is 5.97 Å². The molecule has 3 fully saturated rings. The second-order valence-electron chi connectivity index (χ2n) is 12.8. The predicted octanol–water partition coefficient (Wildman–Crippen LogP) is 9.89. The average molecular weight is 475 g/mol. The summed E-state index contributed by atoms with van der Waals surface area (Å²) in [5.74, 6) is 4.74. The minimum absolute atomic E-state index is 0.110. The van der Waals surface area contributed by atoms with Crippen molar-refractivity contribution < 1.29 is 9.53 Å². The number of esters is 1. The Morgan fingerprint density at radius 3 is 1.56 bits per heavy atom. The van der Waals surface area contributed by atoms with Crippen molar-refractivity contribution in [1.29, 1.82) is 0 Å². The van der Waals surface area contributed by atoms with Gasteiger partial charge in [0.2, 0.25) is 0 Å². The fourth-order valence-electron chi connectivity index (χ4n) is 8.04. The summed E-state index contributed by atoms with van der Waals surface area (Å²) in [6.45, 7) is 4.62. The van der Waals surface area contributed by atoms with Crippen LogP contribution in [-0.4, -0.2) is 13.1 Å². The van der Waals surface area contributed by atoms with Crippen molar-refractivity contribution in [3.8, 4) is 0 Å². The van der Waals surface area contributed by atoms with Crippen molar-refractivity contribution in [2.75, 3.05) is 7.11 Å². The third-order valence-electron chi connectivity index (χ3n) is 10.6. The lowest BCUT2D eigenvalue weighted by Gasteiger charge is -2.43. The summed E-state index contributed by atoms with van der Waals surface area (Å²) in [5, 5.41) is 0. The number of rotatable bonds is 13. The fourth-order valence-corrected chi connectivity index (χ4v) is 8.04. The summed E-state index contributed by atoms with van der Waals surface area (Å²) in [4.78, 5) is 13.0. The second kappa shape index (κ2) is 14.9. The first-order valence-corrected chi connectivity index (χ1v) is 15.7. The minimum Gasteiger partial charge on any atom is -0.469 e. The monoisotopic (exact) mass is 474 g/mol. The van der Waals surface area contributed by atoms with Crippen LogP contribution >= 0.6 is 0 Å². The molecule has 0 aromatic heterocycles. The maximum absolute atomic E-state index is 13.0. The summed E-state index contributed by atoms with van der Waals surface area (Å²) in [6, 6.07) is 0. The van der Waals surface area contributed by atoms with E-state index in [1.807, 2.05) is 0 Å². The molecule has 2 heteroatoms. The van der Waals surface area contributed by atoms with E-state index < -0.39 is 0 Å². The lowest BCUT2D eigenvalue weighted by atomic mass is 9.62.